The molecule has 0 saturated heterocycles. The van der Waals surface area contributed by atoms with Crippen LogP contribution < -0.4 is 5.73 Å². The summed E-state index contributed by atoms with van der Waals surface area (Å²) in [6, 6.07) is 11.2. The number of hydrogen-bond acceptors (Lipinski definition) is 4. The molecular weight excluding hydrogens is 226 g/mol. The number of nitrogens with zero attached hydrogens (tertiary/aromatic N) is 2. The van der Waals surface area contributed by atoms with E-state index in [-0.39, 0.29) is 0 Å². The summed E-state index contributed by atoms with van der Waals surface area (Å²) in [4.78, 5) is 4.28. The molecule has 2 aromatic rings. The number of rotatable bonds is 3. The summed E-state index contributed by atoms with van der Waals surface area (Å²) < 4.78 is 5.00. The first-order valence-electron chi connectivity index (χ1n) is 5.48. The smallest absolute Gasteiger partial charge is 0.0998 e. The lowest BCUT2D eigenvalue weighted by Gasteiger charge is -2.06. The standard InChI is InChI=1S/C14H13N3O/c1-18-9-13-4-2-10(8-17-13)14-5-3-12(16)6-11(14)7-15/h2-6,8H,9,16H2,1H3. The Bertz CT molecular complexity index is 585. The minimum atomic E-state index is 0.479. The van der Waals surface area contributed by atoms with E-state index in [0.717, 1.165) is 16.8 Å². The summed E-state index contributed by atoms with van der Waals surface area (Å²) in [5, 5.41) is 9.10. The lowest BCUT2D eigenvalue weighted by atomic mass is 10.0. The third-order valence-electron chi connectivity index (χ3n) is 2.59. The van der Waals surface area contributed by atoms with Crippen LogP contribution in [0, 0.1) is 11.3 Å². The lowest BCUT2D eigenvalue weighted by molar-refractivity contribution is 0.181. The molecule has 2 rings (SSSR count). The van der Waals surface area contributed by atoms with Gasteiger partial charge in [-0.15, -0.1) is 0 Å². The van der Waals surface area contributed by atoms with Gasteiger partial charge in [-0.3, -0.25) is 4.98 Å². The quantitative estimate of drug-likeness (QED) is 0.834. The summed E-state index contributed by atoms with van der Waals surface area (Å²) in [6.07, 6.45) is 1.74. The number of aromatic nitrogens is 1. The molecule has 1 heterocycles. The van der Waals surface area contributed by atoms with E-state index in [2.05, 4.69) is 11.1 Å². The molecule has 0 aliphatic heterocycles. The highest BCUT2D eigenvalue weighted by Crippen LogP contribution is 2.24. The number of nitriles is 1. The second-order valence-corrected chi connectivity index (χ2v) is 3.89. The van der Waals surface area contributed by atoms with Gasteiger partial charge in [-0.2, -0.15) is 5.26 Å². The molecule has 4 nitrogen and oxygen atoms in total. The van der Waals surface area contributed by atoms with Crippen LogP contribution in [-0.4, -0.2) is 12.1 Å². The zero-order valence-corrected chi connectivity index (χ0v) is 10.1. The van der Waals surface area contributed by atoms with E-state index in [9.17, 15) is 0 Å². The molecule has 90 valence electrons. The maximum absolute atomic E-state index is 9.10. The molecule has 0 amide bonds. The first kappa shape index (κ1) is 12.1. The number of benzene rings is 1. The number of hydrogen-bond donors (Lipinski definition) is 1. The Kier molecular flexibility index (Phi) is 3.56. The fourth-order valence-electron chi connectivity index (χ4n) is 1.72. The molecule has 0 fully saturated rings. The fraction of sp³-hybridized carbons (Fsp3) is 0.143. The van der Waals surface area contributed by atoms with Crippen LogP contribution in [0.4, 0.5) is 5.69 Å². The van der Waals surface area contributed by atoms with Gasteiger partial charge in [0.05, 0.1) is 23.9 Å². The maximum Gasteiger partial charge on any atom is 0.0998 e. The number of nitrogen functional groups attached to an aromatic ring is 1. The molecule has 0 bridgehead atoms. The molecule has 0 radical (unpaired) electrons. The highest BCUT2D eigenvalue weighted by molar-refractivity contribution is 5.72. The van der Waals surface area contributed by atoms with Gasteiger partial charge < -0.3 is 10.5 Å². The van der Waals surface area contributed by atoms with Crippen LogP contribution in [-0.2, 0) is 11.3 Å². The molecule has 4 heteroatoms. The Balaban J connectivity index is 2.40. The second-order valence-electron chi connectivity index (χ2n) is 3.89. The molecule has 1 aromatic heterocycles. The lowest BCUT2D eigenvalue weighted by Crippen LogP contribution is -1.93. The van der Waals surface area contributed by atoms with E-state index in [1.165, 1.54) is 0 Å². The Morgan fingerprint density at radius 1 is 1.33 bits per heavy atom. The van der Waals surface area contributed by atoms with E-state index in [1.807, 2.05) is 18.2 Å². The fourth-order valence-corrected chi connectivity index (χ4v) is 1.72. The topological polar surface area (TPSA) is 71.9 Å². The van der Waals surface area contributed by atoms with Crippen LogP contribution in [0.3, 0.4) is 0 Å². The number of nitrogens with two attached hydrogens (primary N) is 1. The SMILES string of the molecule is COCc1ccc(-c2ccc(N)cc2C#N)cn1. The predicted molar refractivity (Wildman–Crippen MR) is 69.5 cm³/mol. The molecule has 0 aliphatic carbocycles. The van der Waals surface area contributed by atoms with Gasteiger partial charge in [-0.25, -0.2) is 0 Å². The monoisotopic (exact) mass is 239 g/mol. The van der Waals surface area contributed by atoms with Crippen molar-refractivity contribution in [2.24, 2.45) is 0 Å². The maximum atomic E-state index is 9.10. The van der Waals surface area contributed by atoms with Gasteiger partial charge in [-0.1, -0.05) is 12.1 Å². The van der Waals surface area contributed by atoms with Crippen LogP contribution >= 0.6 is 0 Å². The highest BCUT2D eigenvalue weighted by atomic mass is 16.5. The molecule has 1 aromatic carbocycles. The zero-order chi connectivity index (χ0) is 13.0. The molecule has 18 heavy (non-hydrogen) atoms. The van der Waals surface area contributed by atoms with Gasteiger partial charge in [0.25, 0.3) is 0 Å². The van der Waals surface area contributed by atoms with E-state index < -0.39 is 0 Å². The Labute approximate surface area is 106 Å². The minimum absolute atomic E-state index is 0.479. The van der Waals surface area contributed by atoms with Gasteiger partial charge in [0.1, 0.15) is 0 Å². The summed E-state index contributed by atoms with van der Waals surface area (Å²) in [6.45, 7) is 0.479. The van der Waals surface area contributed by atoms with E-state index >= 15 is 0 Å². The van der Waals surface area contributed by atoms with Crippen molar-refractivity contribution < 1.29 is 4.74 Å². The van der Waals surface area contributed by atoms with Crippen molar-refractivity contribution in [3.05, 3.63) is 47.8 Å². The van der Waals surface area contributed by atoms with Crippen molar-refractivity contribution in [3.63, 3.8) is 0 Å². The average molecular weight is 239 g/mol. The third kappa shape index (κ3) is 2.47. The van der Waals surface area contributed by atoms with Crippen LogP contribution in [0.1, 0.15) is 11.3 Å². The molecular formula is C14H13N3O. The molecule has 0 aliphatic rings. The van der Waals surface area contributed by atoms with E-state index in [1.54, 1.807) is 25.4 Å². The van der Waals surface area contributed by atoms with Crippen molar-refractivity contribution in [2.45, 2.75) is 6.61 Å². The largest absolute Gasteiger partial charge is 0.399 e. The van der Waals surface area contributed by atoms with Crippen LogP contribution in [0.5, 0.6) is 0 Å². The van der Waals surface area contributed by atoms with Gasteiger partial charge in [0, 0.05) is 30.1 Å². The number of anilines is 1. The predicted octanol–water partition coefficient (Wildman–Crippen LogP) is 2.35. The van der Waals surface area contributed by atoms with Crippen molar-refractivity contribution >= 4 is 5.69 Å². The first-order valence-corrected chi connectivity index (χ1v) is 5.48. The number of ether oxygens (including phenoxy) is 1. The van der Waals surface area contributed by atoms with Gasteiger partial charge in [0.15, 0.2) is 0 Å². The van der Waals surface area contributed by atoms with Crippen molar-refractivity contribution in [1.29, 1.82) is 5.26 Å². The van der Waals surface area contributed by atoms with Crippen LogP contribution in [0.25, 0.3) is 11.1 Å². The number of pyridine rings is 1. The Morgan fingerprint density at radius 3 is 2.78 bits per heavy atom. The van der Waals surface area contributed by atoms with Crippen LogP contribution in [0.2, 0.25) is 0 Å². The second kappa shape index (κ2) is 5.30. The molecule has 0 unspecified atom stereocenters. The normalized spacial score (nSPS) is 10.0. The summed E-state index contributed by atoms with van der Waals surface area (Å²) in [5.41, 5.74) is 9.38. The van der Waals surface area contributed by atoms with Gasteiger partial charge in [0.2, 0.25) is 0 Å². The number of methoxy groups -OCH3 is 1. The summed E-state index contributed by atoms with van der Waals surface area (Å²) in [7, 11) is 1.63. The summed E-state index contributed by atoms with van der Waals surface area (Å²) in [5.74, 6) is 0. The summed E-state index contributed by atoms with van der Waals surface area (Å²) >= 11 is 0. The average Bonchev–Trinajstić information content (AvgIpc) is 2.40. The molecule has 0 atom stereocenters. The first-order chi connectivity index (χ1) is 8.74. The minimum Gasteiger partial charge on any atom is -0.399 e. The van der Waals surface area contributed by atoms with Crippen molar-refractivity contribution in [1.82, 2.24) is 4.98 Å². The van der Waals surface area contributed by atoms with E-state index in [4.69, 9.17) is 15.7 Å². The van der Waals surface area contributed by atoms with Gasteiger partial charge >= 0.3 is 0 Å². The van der Waals surface area contributed by atoms with Crippen LogP contribution in [0.15, 0.2) is 36.5 Å². The van der Waals surface area contributed by atoms with E-state index in [0.29, 0.717) is 17.9 Å². The third-order valence-corrected chi connectivity index (χ3v) is 2.59. The Morgan fingerprint density at radius 2 is 2.17 bits per heavy atom. The Hall–Kier alpha value is -2.38. The molecule has 2 N–H and O–H groups in total. The molecule has 0 spiro atoms. The zero-order valence-electron chi connectivity index (χ0n) is 10.1. The molecule has 0 saturated carbocycles. The van der Waals surface area contributed by atoms with Crippen molar-refractivity contribution in [3.8, 4) is 17.2 Å². The van der Waals surface area contributed by atoms with Gasteiger partial charge in [-0.05, 0) is 18.2 Å². The highest BCUT2D eigenvalue weighted by Gasteiger charge is 2.06. The van der Waals surface area contributed by atoms with Crippen molar-refractivity contribution in [2.75, 3.05) is 12.8 Å².